The molecule has 0 bridgehead atoms. The first-order valence-electron chi connectivity index (χ1n) is 6.20. The van der Waals surface area contributed by atoms with Gasteiger partial charge in [0.2, 0.25) is 5.95 Å². The Balaban J connectivity index is 3.12. The molecule has 0 saturated carbocycles. The van der Waals surface area contributed by atoms with E-state index in [2.05, 4.69) is 15.1 Å². The topological polar surface area (TPSA) is 108 Å². The number of aromatic nitrogens is 2. The van der Waals surface area contributed by atoms with Gasteiger partial charge in [0.25, 0.3) is 0 Å². The van der Waals surface area contributed by atoms with E-state index in [1.54, 1.807) is 6.07 Å². The fraction of sp³-hybridized carbons (Fsp3) is 0.583. The predicted octanol–water partition coefficient (Wildman–Crippen LogP) is 0.477. The first-order chi connectivity index (χ1) is 8.99. The second-order valence-electron chi connectivity index (χ2n) is 4.54. The van der Waals surface area contributed by atoms with Crippen LogP contribution < -0.4 is 10.6 Å². The molecule has 0 unspecified atom stereocenters. The van der Waals surface area contributed by atoms with Crippen molar-refractivity contribution in [3.05, 3.63) is 17.5 Å². The fourth-order valence-corrected chi connectivity index (χ4v) is 1.69. The summed E-state index contributed by atoms with van der Waals surface area (Å²) in [6.07, 6.45) is 0.633. The molecule has 1 heterocycles. The van der Waals surface area contributed by atoms with E-state index < -0.39 is 0 Å². The maximum Gasteiger partial charge on any atom is 0.226 e. The third-order valence-electron chi connectivity index (χ3n) is 2.65. The van der Waals surface area contributed by atoms with Gasteiger partial charge in [-0.2, -0.15) is 0 Å². The molecule has 0 fully saturated rings. The van der Waals surface area contributed by atoms with Gasteiger partial charge in [-0.05, 0) is 33.3 Å². The van der Waals surface area contributed by atoms with Crippen molar-refractivity contribution < 1.29 is 10.3 Å². The third-order valence-corrected chi connectivity index (χ3v) is 2.65. The molecule has 4 N–H and O–H groups in total. The van der Waals surface area contributed by atoms with Gasteiger partial charge in [0, 0.05) is 24.9 Å². The van der Waals surface area contributed by atoms with E-state index >= 15 is 0 Å². The van der Waals surface area contributed by atoms with Gasteiger partial charge < -0.3 is 20.9 Å². The summed E-state index contributed by atoms with van der Waals surface area (Å²) >= 11 is 0. The summed E-state index contributed by atoms with van der Waals surface area (Å²) in [5, 5.41) is 20.6. The molecule has 0 aliphatic rings. The van der Waals surface area contributed by atoms with Crippen LogP contribution in [0.1, 0.15) is 31.7 Å². The van der Waals surface area contributed by atoms with E-state index in [-0.39, 0.29) is 18.5 Å². The van der Waals surface area contributed by atoms with Gasteiger partial charge in [0.15, 0.2) is 5.84 Å². The van der Waals surface area contributed by atoms with Crippen LogP contribution in [0.4, 0.5) is 5.95 Å². The number of anilines is 1. The Morgan fingerprint density at radius 2 is 2.16 bits per heavy atom. The summed E-state index contributed by atoms with van der Waals surface area (Å²) in [4.78, 5) is 10.6. The van der Waals surface area contributed by atoms with E-state index in [1.807, 2.05) is 25.7 Å². The summed E-state index contributed by atoms with van der Waals surface area (Å²) in [6, 6.07) is 1.84. The lowest BCUT2D eigenvalue weighted by Crippen LogP contribution is -2.34. The molecule has 0 aromatic carbocycles. The van der Waals surface area contributed by atoms with Crippen LogP contribution >= 0.6 is 0 Å². The van der Waals surface area contributed by atoms with Crippen molar-refractivity contribution in [1.82, 2.24) is 9.97 Å². The van der Waals surface area contributed by atoms with Crippen LogP contribution in [0.2, 0.25) is 0 Å². The quantitative estimate of drug-likeness (QED) is 0.299. The molecule has 0 amide bonds. The van der Waals surface area contributed by atoms with Gasteiger partial charge in [-0.1, -0.05) is 5.16 Å². The predicted molar refractivity (Wildman–Crippen MR) is 73.5 cm³/mol. The minimum Gasteiger partial charge on any atom is -0.409 e. The molecule has 7 heteroatoms. The molecule has 0 atom stereocenters. The lowest BCUT2D eigenvalue weighted by atomic mass is 10.3. The van der Waals surface area contributed by atoms with Crippen LogP contribution in [0.3, 0.4) is 0 Å². The van der Waals surface area contributed by atoms with Crippen LogP contribution in [0, 0.1) is 6.92 Å². The molecule has 0 aliphatic carbocycles. The van der Waals surface area contributed by atoms with Crippen molar-refractivity contribution in [3.63, 3.8) is 0 Å². The summed E-state index contributed by atoms with van der Waals surface area (Å²) < 4.78 is 0. The van der Waals surface area contributed by atoms with E-state index in [4.69, 9.17) is 16.0 Å². The van der Waals surface area contributed by atoms with Gasteiger partial charge in [-0.3, -0.25) is 0 Å². The van der Waals surface area contributed by atoms with Crippen LogP contribution in [-0.4, -0.2) is 45.3 Å². The molecule has 0 radical (unpaired) electrons. The van der Waals surface area contributed by atoms with E-state index in [1.165, 1.54) is 0 Å². The molecule has 106 valence electrons. The van der Waals surface area contributed by atoms with Crippen LogP contribution in [0.15, 0.2) is 11.2 Å². The molecular formula is C12H21N5O2. The lowest BCUT2D eigenvalue weighted by molar-refractivity contribution is 0.288. The highest BCUT2D eigenvalue weighted by molar-refractivity contribution is 5.95. The maximum absolute atomic E-state index is 8.94. The van der Waals surface area contributed by atoms with Crippen molar-refractivity contribution in [1.29, 1.82) is 0 Å². The normalized spacial score (nSPS) is 11.9. The standard InChI is InChI=1S/C12H21N5O2/c1-8(2)17(5-4-6-18)12-14-9(3)7-10(15-12)11(13)16-19/h7-8,18-19H,4-6H2,1-3H3,(H2,13,16). The van der Waals surface area contributed by atoms with Crippen molar-refractivity contribution in [2.75, 3.05) is 18.1 Å². The summed E-state index contributed by atoms with van der Waals surface area (Å²) in [5.74, 6) is 0.475. The summed E-state index contributed by atoms with van der Waals surface area (Å²) in [6.45, 7) is 6.62. The molecular weight excluding hydrogens is 246 g/mol. The third kappa shape index (κ3) is 4.06. The number of hydrogen-bond acceptors (Lipinski definition) is 6. The highest BCUT2D eigenvalue weighted by Crippen LogP contribution is 2.14. The molecule has 0 saturated heterocycles. The van der Waals surface area contributed by atoms with Gasteiger partial charge in [0.1, 0.15) is 5.69 Å². The van der Waals surface area contributed by atoms with Crippen molar-refractivity contribution in [2.24, 2.45) is 10.9 Å². The first-order valence-corrected chi connectivity index (χ1v) is 6.20. The molecule has 1 aromatic rings. The number of nitrogens with two attached hydrogens (primary N) is 1. The zero-order chi connectivity index (χ0) is 14.4. The molecule has 7 nitrogen and oxygen atoms in total. The Kier molecular flexibility index (Phi) is 5.50. The Bertz CT molecular complexity index is 448. The number of aryl methyl sites for hydroxylation is 1. The molecule has 0 aliphatic heterocycles. The second-order valence-corrected chi connectivity index (χ2v) is 4.54. The Morgan fingerprint density at radius 3 is 2.68 bits per heavy atom. The van der Waals surface area contributed by atoms with Gasteiger partial charge >= 0.3 is 0 Å². The molecule has 1 aromatic heterocycles. The zero-order valence-electron chi connectivity index (χ0n) is 11.5. The first kappa shape index (κ1) is 15.2. The minimum absolute atomic E-state index is 0.0439. The summed E-state index contributed by atoms with van der Waals surface area (Å²) in [7, 11) is 0. The van der Waals surface area contributed by atoms with Crippen LogP contribution in [0.25, 0.3) is 0 Å². The minimum atomic E-state index is -0.0439. The number of oxime groups is 1. The van der Waals surface area contributed by atoms with Crippen molar-refractivity contribution in [3.8, 4) is 0 Å². The van der Waals surface area contributed by atoms with E-state index in [0.29, 0.717) is 24.6 Å². The number of nitrogens with zero attached hydrogens (tertiary/aromatic N) is 4. The van der Waals surface area contributed by atoms with E-state index in [0.717, 1.165) is 5.69 Å². The van der Waals surface area contributed by atoms with Crippen LogP contribution in [-0.2, 0) is 0 Å². The summed E-state index contributed by atoms with van der Waals surface area (Å²) in [5.41, 5.74) is 6.69. The number of amidine groups is 1. The van der Waals surface area contributed by atoms with E-state index in [9.17, 15) is 0 Å². The van der Waals surface area contributed by atoms with Crippen molar-refractivity contribution >= 4 is 11.8 Å². The maximum atomic E-state index is 8.94. The zero-order valence-corrected chi connectivity index (χ0v) is 11.5. The Morgan fingerprint density at radius 1 is 1.47 bits per heavy atom. The number of aliphatic hydroxyl groups excluding tert-OH is 1. The van der Waals surface area contributed by atoms with Gasteiger partial charge in [0.05, 0.1) is 0 Å². The lowest BCUT2D eigenvalue weighted by Gasteiger charge is -2.27. The molecule has 1 rings (SSSR count). The number of hydrogen-bond donors (Lipinski definition) is 3. The highest BCUT2D eigenvalue weighted by Gasteiger charge is 2.15. The highest BCUT2D eigenvalue weighted by atomic mass is 16.4. The van der Waals surface area contributed by atoms with Gasteiger partial charge in [-0.15, -0.1) is 0 Å². The number of rotatable bonds is 6. The average Bonchev–Trinajstić information content (AvgIpc) is 2.37. The number of aliphatic hydroxyl groups is 1. The molecule has 19 heavy (non-hydrogen) atoms. The Labute approximate surface area is 112 Å². The smallest absolute Gasteiger partial charge is 0.226 e. The largest absolute Gasteiger partial charge is 0.409 e. The monoisotopic (exact) mass is 267 g/mol. The second kappa shape index (κ2) is 6.89. The van der Waals surface area contributed by atoms with Crippen LogP contribution in [0.5, 0.6) is 0 Å². The van der Waals surface area contributed by atoms with Gasteiger partial charge in [-0.25, -0.2) is 9.97 Å². The average molecular weight is 267 g/mol. The SMILES string of the molecule is Cc1cc(/C(N)=N/O)nc(N(CCCO)C(C)C)n1. The molecule has 0 spiro atoms. The fourth-order valence-electron chi connectivity index (χ4n) is 1.69. The Hall–Kier alpha value is -1.89. The van der Waals surface area contributed by atoms with Crippen molar-refractivity contribution in [2.45, 2.75) is 33.2 Å².